The van der Waals surface area contributed by atoms with Crippen LogP contribution in [0.2, 0.25) is 0 Å². The lowest BCUT2D eigenvalue weighted by Gasteiger charge is -2.26. The second-order valence-corrected chi connectivity index (χ2v) is 11.0. The van der Waals surface area contributed by atoms with Crippen molar-refractivity contribution in [3.8, 4) is 22.3 Å². The molecule has 0 fully saturated rings. The van der Waals surface area contributed by atoms with Crippen LogP contribution in [0.5, 0.6) is 0 Å². The normalized spacial score (nSPS) is 11.2. The summed E-state index contributed by atoms with van der Waals surface area (Å²) >= 11 is 1.86. The van der Waals surface area contributed by atoms with Gasteiger partial charge in [0, 0.05) is 37.2 Å². The van der Waals surface area contributed by atoms with E-state index >= 15 is 0 Å². The average molecular weight is 518 g/mol. The number of rotatable bonds is 5. The average Bonchev–Trinajstić information content (AvgIpc) is 3.37. The Bertz CT molecular complexity index is 1900. The largest absolute Gasteiger partial charge is 0.310 e. The summed E-state index contributed by atoms with van der Waals surface area (Å²) in [5.74, 6) is 0. The Kier molecular flexibility index (Phi) is 5.96. The topological polar surface area (TPSA) is 3.24 Å². The van der Waals surface area contributed by atoms with E-state index in [4.69, 9.17) is 0 Å². The zero-order chi connectivity index (χ0) is 26.2. The molecule has 1 heterocycles. The molecule has 1 nitrogen and oxygen atoms in total. The van der Waals surface area contributed by atoms with Gasteiger partial charge < -0.3 is 4.90 Å². The maximum Gasteiger partial charge on any atom is 0.0464 e. The number of hydrogen-bond acceptors (Lipinski definition) is 2. The minimum absolute atomic E-state index is 1.14. The van der Waals surface area contributed by atoms with E-state index < -0.39 is 0 Å². The second-order valence-electron chi connectivity index (χ2n) is 9.94. The number of anilines is 3. The van der Waals surface area contributed by atoms with Crippen LogP contribution in [0.25, 0.3) is 42.4 Å². The molecule has 0 radical (unpaired) electrons. The molecule has 0 N–H and O–H groups in total. The molecule has 39 heavy (non-hydrogen) atoms. The van der Waals surface area contributed by atoms with Crippen LogP contribution >= 0.6 is 11.3 Å². The van der Waals surface area contributed by atoms with Crippen LogP contribution < -0.4 is 4.90 Å². The number of benzene rings is 6. The molecule has 0 saturated carbocycles. The van der Waals surface area contributed by atoms with Crippen LogP contribution in [0.15, 0.2) is 146 Å². The minimum Gasteiger partial charge on any atom is -0.310 e. The fourth-order valence-electron chi connectivity index (χ4n) is 5.36. The lowest BCUT2D eigenvalue weighted by atomic mass is 10.0. The maximum atomic E-state index is 2.34. The fraction of sp³-hybridized carbons (Fsp3) is 0.0270. The summed E-state index contributed by atoms with van der Waals surface area (Å²) in [5, 5.41) is 2.66. The first-order valence-electron chi connectivity index (χ1n) is 13.3. The monoisotopic (exact) mass is 517 g/mol. The SMILES string of the molecule is Cc1cccc(N(c2ccc(-c3ccccc3)cc2)c2ccc(-c3ccc4sc5ccccc5c4c3)cc2)c1. The van der Waals surface area contributed by atoms with Gasteiger partial charge in [0.15, 0.2) is 0 Å². The Morgan fingerprint density at radius 2 is 1.00 bits per heavy atom. The first-order valence-corrected chi connectivity index (χ1v) is 14.1. The summed E-state index contributed by atoms with van der Waals surface area (Å²) in [6, 6.07) is 52.6. The molecule has 186 valence electrons. The highest BCUT2D eigenvalue weighted by Gasteiger charge is 2.14. The molecule has 0 aliphatic heterocycles. The van der Waals surface area contributed by atoms with Crippen LogP contribution in [0, 0.1) is 6.92 Å². The molecular weight excluding hydrogens is 490 g/mol. The molecule has 0 unspecified atom stereocenters. The molecule has 0 spiro atoms. The van der Waals surface area contributed by atoms with Crippen molar-refractivity contribution in [1.82, 2.24) is 0 Å². The number of fused-ring (bicyclic) bond motifs is 3. The second kappa shape index (κ2) is 9.90. The van der Waals surface area contributed by atoms with Gasteiger partial charge in [0.2, 0.25) is 0 Å². The Morgan fingerprint density at radius 1 is 0.410 bits per heavy atom. The van der Waals surface area contributed by atoms with Crippen LogP contribution in [-0.2, 0) is 0 Å². The standard InChI is InChI=1S/C37H27NS/c1-26-8-7-11-33(24-26)38(31-19-14-28(15-20-31)27-9-3-2-4-10-27)32-21-16-29(17-22-32)30-18-23-37-35(25-30)34-12-5-6-13-36(34)39-37/h2-25H,1H3. The van der Waals surface area contributed by atoms with E-state index in [0.717, 1.165) is 17.1 Å². The highest BCUT2D eigenvalue weighted by molar-refractivity contribution is 7.25. The zero-order valence-corrected chi connectivity index (χ0v) is 22.5. The van der Waals surface area contributed by atoms with Gasteiger partial charge in [-0.15, -0.1) is 11.3 Å². The molecule has 0 saturated heterocycles. The van der Waals surface area contributed by atoms with Gasteiger partial charge in [-0.1, -0.05) is 91.0 Å². The smallest absolute Gasteiger partial charge is 0.0464 e. The highest BCUT2D eigenvalue weighted by atomic mass is 32.1. The number of aryl methyl sites for hydroxylation is 1. The lowest BCUT2D eigenvalue weighted by molar-refractivity contribution is 1.27. The van der Waals surface area contributed by atoms with Gasteiger partial charge in [0.05, 0.1) is 0 Å². The van der Waals surface area contributed by atoms with Gasteiger partial charge in [0.1, 0.15) is 0 Å². The molecule has 7 aromatic rings. The first-order chi connectivity index (χ1) is 19.2. The van der Waals surface area contributed by atoms with E-state index in [-0.39, 0.29) is 0 Å². The summed E-state index contributed by atoms with van der Waals surface area (Å²) in [6.07, 6.45) is 0. The molecule has 0 aliphatic carbocycles. The molecule has 0 amide bonds. The summed E-state index contributed by atoms with van der Waals surface area (Å²) in [4.78, 5) is 2.33. The van der Waals surface area contributed by atoms with E-state index in [0.29, 0.717) is 0 Å². The first kappa shape index (κ1) is 23.5. The Morgan fingerprint density at radius 3 is 1.72 bits per heavy atom. The van der Waals surface area contributed by atoms with Gasteiger partial charge in [-0.05, 0) is 89.3 Å². The molecule has 1 aromatic heterocycles. The van der Waals surface area contributed by atoms with Crippen LogP contribution in [0.1, 0.15) is 5.56 Å². The zero-order valence-electron chi connectivity index (χ0n) is 21.7. The van der Waals surface area contributed by atoms with Crippen molar-refractivity contribution in [2.75, 3.05) is 4.90 Å². The summed E-state index contributed by atoms with van der Waals surface area (Å²) < 4.78 is 2.67. The summed E-state index contributed by atoms with van der Waals surface area (Å²) in [7, 11) is 0. The highest BCUT2D eigenvalue weighted by Crippen LogP contribution is 2.39. The van der Waals surface area contributed by atoms with Crippen molar-refractivity contribution >= 4 is 48.6 Å². The van der Waals surface area contributed by atoms with Crippen molar-refractivity contribution in [1.29, 1.82) is 0 Å². The van der Waals surface area contributed by atoms with Crippen molar-refractivity contribution in [3.63, 3.8) is 0 Å². The van der Waals surface area contributed by atoms with Gasteiger partial charge in [-0.3, -0.25) is 0 Å². The molecule has 0 bridgehead atoms. The number of thiophene rings is 1. The van der Waals surface area contributed by atoms with E-state index in [1.165, 1.54) is 48.0 Å². The Hall–Kier alpha value is -4.66. The van der Waals surface area contributed by atoms with E-state index in [9.17, 15) is 0 Å². The molecule has 0 atom stereocenters. The van der Waals surface area contributed by atoms with Gasteiger partial charge in [-0.25, -0.2) is 0 Å². The minimum atomic E-state index is 1.14. The van der Waals surface area contributed by atoms with Gasteiger partial charge in [0.25, 0.3) is 0 Å². The van der Waals surface area contributed by atoms with E-state index in [1.54, 1.807) is 0 Å². The van der Waals surface area contributed by atoms with Crippen molar-refractivity contribution < 1.29 is 0 Å². The van der Waals surface area contributed by atoms with E-state index in [2.05, 4.69) is 157 Å². The van der Waals surface area contributed by atoms with Crippen molar-refractivity contribution in [3.05, 3.63) is 151 Å². The molecule has 2 heteroatoms. The molecule has 0 aliphatic rings. The summed E-state index contributed by atoms with van der Waals surface area (Å²) in [5.41, 5.74) is 9.58. The number of nitrogens with zero attached hydrogens (tertiary/aromatic N) is 1. The predicted molar refractivity (Wildman–Crippen MR) is 170 cm³/mol. The molecular formula is C37H27NS. The third kappa shape index (κ3) is 4.50. The third-order valence-electron chi connectivity index (χ3n) is 7.33. The predicted octanol–water partition coefficient (Wildman–Crippen LogP) is 11.2. The van der Waals surface area contributed by atoms with Gasteiger partial charge in [-0.2, -0.15) is 0 Å². The van der Waals surface area contributed by atoms with Gasteiger partial charge >= 0.3 is 0 Å². The molecule has 7 rings (SSSR count). The number of hydrogen-bond donors (Lipinski definition) is 0. The summed E-state index contributed by atoms with van der Waals surface area (Å²) in [6.45, 7) is 2.15. The quantitative estimate of drug-likeness (QED) is 0.219. The van der Waals surface area contributed by atoms with Crippen LogP contribution in [0.4, 0.5) is 17.1 Å². The maximum absolute atomic E-state index is 2.34. The van der Waals surface area contributed by atoms with Crippen LogP contribution in [-0.4, -0.2) is 0 Å². The van der Waals surface area contributed by atoms with Crippen LogP contribution in [0.3, 0.4) is 0 Å². The lowest BCUT2D eigenvalue weighted by Crippen LogP contribution is -2.10. The van der Waals surface area contributed by atoms with E-state index in [1.807, 2.05) is 11.3 Å². The fourth-order valence-corrected chi connectivity index (χ4v) is 6.44. The molecule has 6 aromatic carbocycles. The Balaban J connectivity index is 1.27. The van der Waals surface area contributed by atoms with Crippen molar-refractivity contribution in [2.24, 2.45) is 0 Å². The van der Waals surface area contributed by atoms with Crippen molar-refractivity contribution in [2.45, 2.75) is 6.92 Å². The Labute approximate surface area is 233 Å². The third-order valence-corrected chi connectivity index (χ3v) is 8.48.